The first-order chi connectivity index (χ1) is 8.13. The van der Waals surface area contributed by atoms with Crippen molar-refractivity contribution >= 4 is 38.9 Å². The van der Waals surface area contributed by atoms with E-state index in [9.17, 15) is 4.39 Å². The predicted octanol–water partition coefficient (Wildman–Crippen LogP) is 5.03. The van der Waals surface area contributed by atoms with Gasteiger partial charge in [-0.2, -0.15) is 0 Å². The third-order valence-electron chi connectivity index (χ3n) is 2.36. The first-order valence-corrected chi connectivity index (χ1v) is 7.01. The van der Waals surface area contributed by atoms with Crippen molar-refractivity contribution in [1.29, 1.82) is 0 Å². The van der Waals surface area contributed by atoms with Gasteiger partial charge in [0.25, 0.3) is 0 Å². The van der Waals surface area contributed by atoms with Crippen LogP contribution < -0.4 is 4.74 Å². The van der Waals surface area contributed by atoms with Crippen molar-refractivity contribution in [3.05, 3.63) is 50.9 Å². The molecule has 0 spiro atoms. The number of rotatable bonds is 3. The van der Waals surface area contributed by atoms with Gasteiger partial charge in [-0.05, 0) is 17.5 Å². The quantitative estimate of drug-likeness (QED) is 0.715. The Morgan fingerprint density at radius 1 is 1.41 bits per heavy atom. The molecule has 17 heavy (non-hydrogen) atoms. The Hall–Kier alpha value is -0.580. The van der Waals surface area contributed by atoms with E-state index in [1.165, 1.54) is 24.5 Å². The minimum atomic E-state index is -0.310. The molecule has 1 heterocycles. The molecule has 0 N–H and O–H groups in total. The van der Waals surface area contributed by atoms with Crippen LogP contribution in [0.1, 0.15) is 15.3 Å². The lowest BCUT2D eigenvalue weighted by Gasteiger charge is -2.11. The average Bonchev–Trinajstić information content (AvgIpc) is 2.74. The van der Waals surface area contributed by atoms with Crippen LogP contribution in [0.25, 0.3) is 0 Å². The van der Waals surface area contributed by atoms with Crippen molar-refractivity contribution in [2.75, 3.05) is 7.11 Å². The van der Waals surface area contributed by atoms with E-state index in [0.717, 1.165) is 4.88 Å². The zero-order chi connectivity index (χ0) is 12.4. The number of benzene rings is 1. The number of hydrogen-bond acceptors (Lipinski definition) is 2. The van der Waals surface area contributed by atoms with E-state index >= 15 is 0 Å². The molecule has 1 unspecified atom stereocenters. The Balaban J connectivity index is 2.38. The largest absolute Gasteiger partial charge is 0.497 e. The van der Waals surface area contributed by atoms with E-state index < -0.39 is 0 Å². The van der Waals surface area contributed by atoms with Crippen LogP contribution in [0.4, 0.5) is 4.39 Å². The van der Waals surface area contributed by atoms with Crippen LogP contribution in [-0.2, 0) is 0 Å². The van der Waals surface area contributed by atoms with E-state index in [-0.39, 0.29) is 10.6 Å². The fourth-order valence-corrected chi connectivity index (χ4v) is 3.70. The second-order valence-corrected chi connectivity index (χ2v) is 5.65. The van der Waals surface area contributed by atoms with Crippen LogP contribution >= 0.6 is 38.9 Å². The second kappa shape index (κ2) is 5.38. The predicted molar refractivity (Wildman–Crippen MR) is 73.1 cm³/mol. The van der Waals surface area contributed by atoms with Crippen LogP contribution in [0, 0.1) is 5.82 Å². The SMILES string of the molecule is COc1ccc(C(Br)c2sccc2Cl)c(F)c1. The molecule has 1 atom stereocenters. The maximum absolute atomic E-state index is 13.9. The van der Waals surface area contributed by atoms with Crippen LogP contribution in [0.2, 0.25) is 5.02 Å². The maximum atomic E-state index is 13.9. The molecular formula is C12H9BrClFOS. The Morgan fingerprint density at radius 2 is 2.18 bits per heavy atom. The van der Waals surface area contributed by atoms with E-state index in [1.807, 2.05) is 5.38 Å². The van der Waals surface area contributed by atoms with Crippen LogP contribution in [-0.4, -0.2) is 7.11 Å². The van der Waals surface area contributed by atoms with Crippen molar-refractivity contribution in [3.63, 3.8) is 0 Å². The Morgan fingerprint density at radius 3 is 2.71 bits per heavy atom. The molecule has 0 aliphatic carbocycles. The standard InChI is InChI=1S/C12H9BrClFOS/c1-16-7-2-3-8(10(15)6-7)11(13)12-9(14)4-5-17-12/h2-6,11H,1H3. The number of halogens is 3. The zero-order valence-corrected chi connectivity index (χ0v) is 12.1. The summed E-state index contributed by atoms with van der Waals surface area (Å²) in [5.41, 5.74) is 0.551. The lowest BCUT2D eigenvalue weighted by atomic mass is 10.1. The van der Waals surface area contributed by atoms with Gasteiger partial charge in [0, 0.05) is 16.5 Å². The molecule has 0 fully saturated rings. The molecule has 0 amide bonds. The van der Waals surface area contributed by atoms with Crippen molar-refractivity contribution < 1.29 is 9.13 Å². The van der Waals surface area contributed by atoms with Gasteiger partial charge in [0.1, 0.15) is 11.6 Å². The molecule has 90 valence electrons. The molecular weight excluding hydrogens is 327 g/mol. The van der Waals surface area contributed by atoms with Gasteiger partial charge in [-0.1, -0.05) is 33.6 Å². The van der Waals surface area contributed by atoms with Crippen molar-refractivity contribution in [1.82, 2.24) is 0 Å². The topological polar surface area (TPSA) is 9.23 Å². The minimum absolute atomic E-state index is 0.235. The first-order valence-electron chi connectivity index (χ1n) is 4.84. The van der Waals surface area contributed by atoms with Gasteiger partial charge in [-0.25, -0.2) is 4.39 Å². The molecule has 2 aromatic rings. The molecule has 0 bridgehead atoms. The molecule has 1 nitrogen and oxygen atoms in total. The smallest absolute Gasteiger partial charge is 0.131 e. The summed E-state index contributed by atoms with van der Waals surface area (Å²) in [6.45, 7) is 0. The molecule has 0 saturated carbocycles. The van der Waals surface area contributed by atoms with Gasteiger partial charge in [-0.15, -0.1) is 11.3 Å². The summed E-state index contributed by atoms with van der Waals surface area (Å²) in [5, 5.41) is 2.53. The molecule has 2 rings (SSSR count). The van der Waals surface area contributed by atoms with Crippen LogP contribution in [0.5, 0.6) is 5.75 Å². The molecule has 1 aromatic heterocycles. The molecule has 0 aliphatic heterocycles. The number of thiophene rings is 1. The van der Waals surface area contributed by atoms with Crippen LogP contribution in [0.15, 0.2) is 29.6 Å². The monoisotopic (exact) mass is 334 g/mol. The second-order valence-electron chi connectivity index (χ2n) is 3.38. The third kappa shape index (κ3) is 2.64. The lowest BCUT2D eigenvalue weighted by Crippen LogP contribution is -1.96. The highest BCUT2D eigenvalue weighted by molar-refractivity contribution is 9.09. The molecule has 0 saturated heterocycles. The normalized spacial score (nSPS) is 12.5. The van der Waals surface area contributed by atoms with Crippen molar-refractivity contribution in [3.8, 4) is 5.75 Å². The number of methoxy groups -OCH3 is 1. The fraction of sp³-hybridized carbons (Fsp3) is 0.167. The summed E-state index contributed by atoms with van der Waals surface area (Å²) in [7, 11) is 1.51. The number of alkyl halides is 1. The lowest BCUT2D eigenvalue weighted by molar-refractivity contribution is 0.411. The molecule has 0 radical (unpaired) electrons. The molecule has 0 aliphatic rings. The van der Waals surface area contributed by atoms with Gasteiger partial charge in [0.15, 0.2) is 0 Å². The highest BCUT2D eigenvalue weighted by Gasteiger charge is 2.19. The highest BCUT2D eigenvalue weighted by Crippen LogP contribution is 2.40. The Kier molecular flexibility index (Phi) is 4.07. The summed E-state index contributed by atoms with van der Waals surface area (Å²) in [6, 6.07) is 6.60. The Bertz CT molecular complexity index is 529. The fourth-order valence-electron chi connectivity index (χ4n) is 1.47. The Labute approximate surface area is 116 Å². The van der Waals surface area contributed by atoms with Gasteiger partial charge in [0.05, 0.1) is 17.0 Å². The zero-order valence-electron chi connectivity index (χ0n) is 8.91. The highest BCUT2D eigenvalue weighted by atomic mass is 79.9. The van der Waals surface area contributed by atoms with E-state index in [1.54, 1.807) is 18.2 Å². The molecule has 1 aromatic carbocycles. The average molecular weight is 336 g/mol. The molecule has 5 heteroatoms. The minimum Gasteiger partial charge on any atom is -0.497 e. The van der Waals surface area contributed by atoms with Gasteiger partial charge in [-0.3, -0.25) is 0 Å². The van der Waals surface area contributed by atoms with Gasteiger partial charge < -0.3 is 4.74 Å². The van der Waals surface area contributed by atoms with Crippen molar-refractivity contribution in [2.24, 2.45) is 0 Å². The number of hydrogen-bond donors (Lipinski definition) is 0. The number of ether oxygens (including phenoxy) is 1. The summed E-state index contributed by atoms with van der Waals surface area (Å²) in [4.78, 5) is 0.664. The van der Waals surface area contributed by atoms with Gasteiger partial charge in [0.2, 0.25) is 0 Å². The van der Waals surface area contributed by atoms with Gasteiger partial charge >= 0.3 is 0 Å². The van der Waals surface area contributed by atoms with E-state index in [4.69, 9.17) is 16.3 Å². The van der Waals surface area contributed by atoms with E-state index in [2.05, 4.69) is 15.9 Å². The summed E-state index contributed by atoms with van der Waals surface area (Å²) >= 11 is 11.0. The van der Waals surface area contributed by atoms with Crippen LogP contribution in [0.3, 0.4) is 0 Å². The van der Waals surface area contributed by atoms with E-state index in [0.29, 0.717) is 16.3 Å². The summed E-state index contributed by atoms with van der Waals surface area (Å²) in [5.74, 6) is 0.193. The summed E-state index contributed by atoms with van der Waals surface area (Å²) < 4.78 is 18.8. The maximum Gasteiger partial charge on any atom is 0.131 e. The summed E-state index contributed by atoms with van der Waals surface area (Å²) in [6.07, 6.45) is 0. The third-order valence-corrected chi connectivity index (χ3v) is 5.03. The van der Waals surface area contributed by atoms with Crippen molar-refractivity contribution in [2.45, 2.75) is 4.83 Å². The first kappa shape index (κ1) is 12.9.